The highest BCUT2D eigenvalue weighted by Crippen LogP contribution is 2.58. The van der Waals surface area contributed by atoms with E-state index >= 15 is 0 Å². The molecule has 0 saturated heterocycles. The van der Waals surface area contributed by atoms with Crippen molar-refractivity contribution in [1.29, 1.82) is 0 Å². The summed E-state index contributed by atoms with van der Waals surface area (Å²) in [6.07, 6.45) is 18.2. The van der Waals surface area contributed by atoms with Crippen LogP contribution in [0.3, 0.4) is 0 Å². The van der Waals surface area contributed by atoms with E-state index in [2.05, 4.69) is 326 Å². The summed E-state index contributed by atoms with van der Waals surface area (Å²) in [5, 5.41) is 0. The lowest BCUT2D eigenvalue weighted by Crippen LogP contribution is -2.30. The van der Waals surface area contributed by atoms with E-state index in [0.29, 0.717) is 0 Å². The molecule has 0 aliphatic heterocycles. The minimum absolute atomic E-state index is 0.0462. The van der Waals surface area contributed by atoms with Crippen LogP contribution >= 0.6 is 0 Å². The Hall–Kier alpha value is -9.56. The normalized spacial score (nSPS) is 13.6. The Bertz CT molecular complexity index is 3790. The van der Waals surface area contributed by atoms with Crippen LogP contribution in [0.1, 0.15) is 92.4 Å². The number of rotatable bonds is 14. The third-order valence-corrected chi connectivity index (χ3v) is 16.6. The van der Waals surface area contributed by atoms with Gasteiger partial charge >= 0.3 is 0 Å². The fraction of sp³-hybridized carbons (Fsp3) is 0.0769. The van der Waals surface area contributed by atoms with Crippen LogP contribution in [-0.4, -0.2) is 0 Å². The minimum atomic E-state index is -0.458. The molecule has 378 valence electrons. The van der Waals surface area contributed by atoms with Gasteiger partial charge in [-0.15, -0.1) is 0 Å². The molecule has 1 fully saturated rings. The SMILES string of the molecule is C(=C\c1ccc(/C=C/c2ccc3c(c2)C2(CCCC2)c2cc(N(c4ccccc4)c4ccccc4)ccc2-3)cc1)/c1ccc(/C=C/c2ccc(-c3ccc(C(c4ccccc4)(c4ccccc4)c4ccccc4)cc3)cc2)cc1. The minimum Gasteiger partial charge on any atom is -0.310 e. The highest BCUT2D eigenvalue weighted by atomic mass is 15.1. The Morgan fingerprint density at radius 1 is 0.278 bits per heavy atom. The van der Waals surface area contributed by atoms with Crippen LogP contribution in [0.5, 0.6) is 0 Å². The van der Waals surface area contributed by atoms with Gasteiger partial charge in [-0.05, 0) is 138 Å². The van der Waals surface area contributed by atoms with Gasteiger partial charge in [-0.25, -0.2) is 0 Å². The molecular formula is C78H61N. The average Bonchev–Trinajstić information content (AvgIpc) is 4.34. The van der Waals surface area contributed by atoms with Crippen LogP contribution in [0, 0.1) is 0 Å². The number of hydrogen-bond donors (Lipinski definition) is 0. The molecule has 79 heavy (non-hydrogen) atoms. The number of para-hydroxylation sites is 2. The third kappa shape index (κ3) is 9.70. The largest absolute Gasteiger partial charge is 0.310 e. The monoisotopic (exact) mass is 1010 g/mol. The van der Waals surface area contributed by atoms with Crippen molar-refractivity contribution in [3.63, 3.8) is 0 Å². The van der Waals surface area contributed by atoms with E-state index in [1.165, 1.54) is 132 Å². The van der Waals surface area contributed by atoms with E-state index in [1.807, 2.05) is 0 Å². The van der Waals surface area contributed by atoms with Crippen molar-refractivity contribution in [2.24, 2.45) is 0 Å². The smallest absolute Gasteiger partial charge is 0.0701 e. The zero-order valence-electron chi connectivity index (χ0n) is 44.4. The molecule has 0 N–H and O–H groups in total. The maximum absolute atomic E-state index is 2.50. The molecule has 11 aromatic rings. The standard InChI is InChI=1S/C78H61N/c1-6-18-66(19-7-1)78(67-20-8-2-9-21-67,68-22-10-3-11-23-68)69-49-47-65(48-50-69)64-45-42-62(43-46-64)39-38-60-32-30-58(31-33-60)28-29-59-34-36-61(37-35-59)40-41-63-44-52-73-74-53-51-72(57-76(74)77(75(73)56-63)54-16-17-55-77)79(70-24-12-4-13-25-70)71-26-14-5-15-27-71/h1-15,18-53,56-57H,16-17,54-55H2/b29-28+,39-38+,41-40+. The van der Waals surface area contributed by atoms with Crippen molar-refractivity contribution in [2.75, 3.05) is 4.90 Å². The van der Waals surface area contributed by atoms with Gasteiger partial charge in [-0.1, -0.05) is 298 Å². The maximum atomic E-state index is 2.50. The van der Waals surface area contributed by atoms with Crippen LogP contribution in [0.25, 0.3) is 58.7 Å². The molecule has 0 amide bonds. The van der Waals surface area contributed by atoms with Crippen molar-refractivity contribution in [3.05, 3.63) is 352 Å². The van der Waals surface area contributed by atoms with Crippen LogP contribution in [-0.2, 0) is 10.8 Å². The number of hydrogen-bond acceptors (Lipinski definition) is 1. The Morgan fingerprint density at radius 3 is 1.01 bits per heavy atom. The zero-order chi connectivity index (χ0) is 52.9. The Kier molecular flexibility index (Phi) is 13.5. The van der Waals surface area contributed by atoms with Gasteiger partial charge in [-0.3, -0.25) is 0 Å². The van der Waals surface area contributed by atoms with Crippen LogP contribution in [0.2, 0.25) is 0 Å². The van der Waals surface area contributed by atoms with E-state index in [0.717, 1.165) is 0 Å². The first-order valence-corrected chi connectivity index (χ1v) is 27.9. The molecule has 13 rings (SSSR count). The van der Waals surface area contributed by atoms with Crippen molar-refractivity contribution >= 4 is 53.5 Å². The summed E-state index contributed by atoms with van der Waals surface area (Å²) in [7, 11) is 0. The van der Waals surface area contributed by atoms with Crippen LogP contribution in [0.4, 0.5) is 17.1 Å². The lowest BCUT2D eigenvalue weighted by molar-refractivity contribution is 0.550. The van der Waals surface area contributed by atoms with Crippen molar-refractivity contribution in [3.8, 4) is 22.3 Å². The molecule has 0 radical (unpaired) electrons. The predicted molar refractivity (Wildman–Crippen MR) is 336 cm³/mol. The summed E-state index contributed by atoms with van der Waals surface area (Å²) in [6, 6.07) is 104. The van der Waals surface area contributed by atoms with Gasteiger partial charge in [0.2, 0.25) is 0 Å². The molecule has 1 heteroatoms. The second kappa shape index (κ2) is 21.8. The summed E-state index contributed by atoms with van der Waals surface area (Å²) in [5.74, 6) is 0. The van der Waals surface area contributed by atoms with Gasteiger partial charge in [0.1, 0.15) is 0 Å². The van der Waals surface area contributed by atoms with Gasteiger partial charge in [0, 0.05) is 22.5 Å². The van der Waals surface area contributed by atoms with Gasteiger partial charge < -0.3 is 4.90 Å². The fourth-order valence-corrected chi connectivity index (χ4v) is 12.6. The van der Waals surface area contributed by atoms with E-state index < -0.39 is 5.41 Å². The Labute approximate surface area is 466 Å². The first-order valence-electron chi connectivity index (χ1n) is 27.9. The second-order valence-electron chi connectivity index (χ2n) is 21.2. The second-order valence-corrected chi connectivity index (χ2v) is 21.2. The number of anilines is 3. The van der Waals surface area contributed by atoms with E-state index in [4.69, 9.17) is 0 Å². The lowest BCUT2D eigenvalue weighted by Gasteiger charge is -2.37. The van der Waals surface area contributed by atoms with Gasteiger partial charge in [-0.2, -0.15) is 0 Å². The summed E-state index contributed by atoms with van der Waals surface area (Å²) < 4.78 is 0. The summed E-state index contributed by atoms with van der Waals surface area (Å²) >= 11 is 0. The highest BCUT2D eigenvalue weighted by molar-refractivity contribution is 5.87. The predicted octanol–water partition coefficient (Wildman–Crippen LogP) is 20.6. The molecule has 0 unspecified atom stereocenters. The van der Waals surface area contributed by atoms with Crippen LogP contribution < -0.4 is 4.90 Å². The van der Waals surface area contributed by atoms with E-state index in [9.17, 15) is 0 Å². The summed E-state index contributed by atoms with van der Waals surface area (Å²) in [6.45, 7) is 0. The number of fused-ring (bicyclic) bond motifs is 5. The Balaban J connectivity index is 0.655. The zero-order valence-corrected chi connectivity index (χ0v) is 44.4. The van der Waals surface area contributed by atoms with Crippen molar-refractivity contribution < 1.29 is 0 Å². The molecule has 2 aliphatic rings. The third-order valence-electron chi connectivity index (χ3n) is 16.6. The molecule has 1 saturated carbocycles. The van der Waals surface area contributed by atoms with Gasteiger partial charge in [0.25, 0.3) is 0 Å². The first-order chi connectivity index (χ1) is 39.1. The molecule has 0 aromatic heterocycles. The average molecular weight is 1010 g/mol. The number of nitrogens with zero attached hydrogens (tertiary/aromatic N) is 1. The van der Waals surface area contributed by atoms with Crippen molar-refractivity contribution in [2.45, 2.75) is 36.5 Å². The first kappa shape index (κ1) is 49.0. The highest BCUT2D eigenvalue weighted by Gasteiger charge is 2.45. The van der Waals surface area contributed by atoms with E-state index in [-0.39, 0.29) is 5.41 Å². The molecule has 0 heterocycles. The van der Waals surface area contributed by atoms with Gasteiger partial charge in [0.15, 0.2) is 0 Å². The van der Waals surface area contributed by atoms with Gasteiger partial charge in [0.05, 0.1) is 5.41 Å². The molecule has 0 bridgehead atoms. The number of benzene rings is 11. The van der Waals surface area contributed by atoms with Crippen molar-refractivity contribution in [1.82, 2.24) is 0 Å². The summed E-state index contributed by atoms with van der Waals surface area (Å²) in [5.41, 5.74) is 23.4. The molecule has 1 nitrogen and oxygen atoms in total. The van der Waals surface area contributed by atoms with E-state index in [1.54, 1.807) is 0 Å². The lowest BCUT2D eigenvalue weighted by atomic mass is 9.65. The molecule has 0 atom stereocenters. The maximum Gasteiger partial charge on any atom is 0.0701 e. The molecule has 1 spiro atoms. The fourth-order valence-electron chi connectivity index (χ4n) is 12.6. The van der Waals surface area contributed by atoms with Crippen LogP contribution in [0.15, 0.2) is 285 Å². The molecular weight excluding hydrogens is 951 g/mol. The summed E-state index contributed by atoms with van der Waals surface area (Å²) in [4.78, 5) is 2.40. The Morgan fingerprint density at radius 2 is 0.595 bits per heavy atom. The quantitative estimate of drug-likeness (QED) is 0.0775. The topological polar surface area (TPSA) is 3.24 Å². The molecule has 11 aromatic carbocycles. The molecule has 2 aliphatic carbocycles.